The topological polar surface area (TPSA) is 224 Å². The number of piperidine rings is 1. The standard InChI is InChI=1S/C30H40N8O2.C29H40N6O2.C27H33F3N6O2.2H2S/c1-3-27(39)36-15-17-37(18-16-36)29-23-10-14-38(28-22(2)8-9-25-24(28)20-31-34-25)21-26(23)32-30(33-29)40-19-7-13-35-11-5-4-6-12-35;1-5-27(36)33-15-17-34(18-16-33)28-24-12-14-35(26-11-7-6-10-23(26)21(2)3)19-25(24)30-29(31-28)37-20-22-9-8-13-32(22)4;1-3-24(37)34-13-15-35(16-14-34)25-20-10-12-36(23-9-5-4-8-21(23)27(28,29)30)17-22(20)31-26(32-25)38-18-19-7-6-11-33(19)2;;/h3,8-9,20H,1,4-7,10-19,21H2,2H3,(H,31,34);5-7,10-11,21-22H,1,8-9,12-20H2,2-4H3;3-5,8-9,19H,1,6-7,10-18H2,2H3;2*1H2/t;22-;19-;;/m.00../s1. The molecule has 4 aromatic heterocycles. The monoisotopic (exact) mass is 1650 g/mol. The number of halogens is 3. The molecular formula is C86H117F3N20O6S2. The zero-order chi connectivity index (χ0) is 80.3. The summed E-state index contributed by atoms with van der Waals surface area (Å²) in [6.45, 7) is 36.5. The third-order valence-corrected chi connectivity index (χ3v) is 24.3. The molecule has 7 aromatic rings. The molecule has 9 aliphatic rings. The molecule has 0 saturated carbocycles. The van der Waals surface area contributed by atoms with Gasteiger partial charge in [-0.15, -0.1) is 0 Å². The second kappa shape index (κ2) is 39.9. The summed E-state index contributed by atoms with van der Waals surface area (Å²) in [7, 11) is 4.23. The minimum atomic E-state index is -4.45. The van der Waals surface area contributed by atoms with E-state index in [1.807, 2.05) is 16.0 Å². The van der Waals surface area contributed by atoms with Gasteiger partial charge in [0.05, 0.1) is 66.3 Å². The average Bonchev–Trinajstić information content (AvgIpc) is 1.40. The van der Waals surface area contributed by atoms with Crippen molar-refractivity contribution in [2.45, 2.75) is 135 Å². The molecule has 1 N–H and O–H groups in total. The van der Waals surface area contributed by atoms with Crippen LogP contribution in [-0.4, -0.2) is 264 Å². The highest BCUT2D eigenvalue weighted by atomic mass is 32.1. The maximum Gasteiger partial charge on any atom is 0.418 e. The van der Waals surface area contributed by atoms with E-state index in [4.69, 9.17) is 44.1 Å². The molecular weight excluding hydrogens is 1530 g/mol. The molecule has 0 bridgehead atoms. The number of amides is 3. The van der Waals surface area contributed by atoms with Gasteiger partial charge in [-0.05, 0) is 171 Å². The first-order valence-electron chi connectivity index (χ1n) is 41.4. The summed E-state index contributed by atoms with van der Waals surface area (Å²) >= 11 is 0. The number of para-hydroxylation sites is 2. The van der Waals surface area contributed by atoms with Gasteiger partial charge in [-0.2, -0.15) is 75.2 Å². The van der Waals surface area contributed by atoms with Crippen molar-refractivity contribution in [2.75, 3.05) is 194 Å². The summed E-state index contributed by atoms with van der Waals surface area (Å²) in [6, 6.07) is 20.5. The minimum absolute atomic E-state index is 0. The number of fused-ring (bicyclic) bond motifs is 4. The molecule has 16 rings (SSSR count). The number of carbonyl (C=O) groups is 3. The van der Waals surface area contributed by atoms with Crippen LogP contribution in [-0.2, 0) is 59.5 Å². The van der Waals surface area contributed by atoms with Crippen molar-refractivity contribution in [1.29, 1.82) is 0 Å². The van der Waals surface area contributed by atoms with E-state index in [-0.39, 0.29) is 69.0 Å². The number of hydrogen-bond acceptors (Lipinski definition) is 22. The fraction of sp³-hybridized carbons (Fsp3) is 0.535. The van der Waals surface area contributed by atoms with E-state index >= 15 is 0 Å². The molecule has 0 aliphatic carbocycles. The molecule has 26 nitrogen and oxygen atoms in total. The van der Waals surface area contributed by atoms with E-state index in [0.717, 1.165) is 155 Å². The summed E-state index contributed by atoms with van der Waals surface area (Å²) < 4.78 is 59.8. The Labute approximate surface area is 700 Å². The van der Waals surface area contributed by atoms with Gasteiger partial charge in [0.15, 0.2) is 0 Å². The average molecular weight is 1650 g/mol. The van der Waals surface area contributed by atoms with E-state index in [2.05, 4.69) is 140 Å². The van der Waals surface area contributed by atoms with Crippen molar-refractivity contribution in [3.63, 3.8) is 0 Å². The molecule has 6 fully saturated rings. The van der Waals surface area contributed by atoms with Crippen LogP contribution in [0.1, 0.15) is 122 Å². The second-order valence-electron chi connectivity index (χ2n) is 31.9. The second-order valence-corrected chi connectivity index (χ2v) is 31.9. The highest BCUT2D eigenvalue weighted by Crippen LogP contribution is 2.42. The fourth-order valence-corrected chi connectivity index (χ4v) is 17.7. The molecule has 0 radical (unpaired) electrons. The highest BCUT2D eigenvalue weighted by Gasteiger charge is 2.38. The van der Waals surface area contributed by atoms with E-state index in [1.165, 1.54) is 103 Å². The van der Waals surface area contributed by atoms with Gasteiger partial charge in [0.1, 0.15) is 30.7 Å². The van der Waals surface area contributed by atoms with Crippen LogP contribution in [0.15, 0.2) is 105 Å². The quantitative estimate of drug-likeness (QED) is 0.0522. The Morgan fingerprint density at radius 2 is 0.949 bits per heavy atom. The minimum Gasteiger partial charge on any atom is -0.463 e. The van der Waals surface area contributed by atoms with Gasteiger partial charge in [-0.1, -0.05) is 76.4 Å². The van der Waals surface area contributed by atoms with Crippen LogP contribution >= 0.6 is 27.0 Å². The number of ether oxygens (including phenoxy) is 3. The van der Waals surface area contributed by atoms with Crippen LogP contribution in [0.25, 0.3) is 10.9 Å². The molecule has 31 heteroatoms. The molecule has 6 saturated heterocycles. The van der Waals surface area contributed by atoms with Crippen molar-refractivity contribution in [2.24, 2.45) is 0 Å². The molecule has 0 unspecified atom stereocenters. The van der Waals surface area contributed by atoms with Gasteiger partial charge in [0, 0.05) is 150 Å². The van der Waals surface area contributed by atoms with Gasteiger partial charge in [-0.25, -0.2) is 0 Å². The summed E-state index contributed by atoms with van der Waals surface area (Å²) in [5, 5.41) is 8.53. The van der Waals surface area contributed by atoms with Crippen LogP contribution < -0.4 is 43.6 Å². The van der Waals surface area contributed by atoms with Gasteiger partial charge in [0.25, 0.3) is 0 Å². The van der Waals surface area contributed by atoms with Crippen LogP contribution in [0.4, 0.5) is 47.7 Å². The molecule has 3 aromatic carbocycles. The normalized spacial score (nSPS) is 19.3. The Morgan fingerprint density at radius 3 is 1.40 bits per heavy atom. The van der Waals surface area contributed by atoms with E-state index in [0.29, 0.717) is 121 Å². The lowest BCUT2D eigenvalue weighted by molar-refractivity contribution is -0.137. The van der Waals surface area contributed by atoms with Gasteiger partial charge < -0.3 is 73.0 Å². The summed E-state index contributed by atoms with van der Waals surface area (Å²) in [6.07, 6.45) is 13.2. The number of rotatable bonds is 21. The summed E-state index contributed by atoms with van der Waals surface area (Å²) in [5.41, 5.74) is 11.7. The van der Waals surface area contributed by atoms with E-state index in [1.54, 1.807) is 15.9 Å². The Balaban J connectivity index is 0.000000160. The molecule has 13 heterocycles. The lowest BCUT2D eigenvalue weighted by Gasteiger charge is -2.38. The number of benzene rings is 3. The lowest BCUT2D eigenvalue weighted by Crippen LogP contribution is -2.49. The number of nitrogens with one attached hydrogen (secondary N) is 1. The largest absolute Gasteiger partial charge is 0.463 e. The SMILES string of the molecule is C=CC(=O)N1CCN(c2nc(OCCCN3CCCCC3)nc3c2CCN(c2c(C)ccc4[nH]ncc24)C3)CC1.C=CC(=O)N1CCN(c2nc(OC[C@@H]3CCCN3C)nc3c2CCN(c2ccccc2C(C)C)C3)CC1.C=CC(=O)N1CCN(c2nc(OC[C@@H]3CCCN3C)nc3c2CCN(c2ccccc2C(F)(F)F)C3)CC1.S.S. The number of aryl methyl sites for hydroxylation is 1. The Morgan fingerprint density at radius 1 is 0.513 bits per heavy atom. The third-order valence-electron chi connectivity index (χ3n) is 24.3. The Kier molecular flexibility index (Phi) is 29.6. The number of carbonyl (C=O) groups excluding carboxylic acids is 3. The lowest BCUT2D eigenvalue weighted by atomic mass is 9.98. The number of anilines is 6. The highest BCUT2D eigenvalue weighted by molar-refractivity contribution is 7.59. The first kappa shape index (κ1) is 86.9. The number of piperazine rings is 3. The summed E-state index contributed by atoms with van der Waals surface area (Å²) in [4.78, 5) is 91.6. The van der Waals surface area contributed by atoms with Crippen LogP contribution in [0, 0.1) is 6.92 Å². The first-order valence-corrected chi connectivity index (χ1v) is 41.4. The number of nitrogens with zero attached hydrogens (tertiary/aromatic N) is 19. The van der Waals surface area contributed by atoms with Gasteiger partial charge in [0.2, 0.25) is 17.7 Å². The Bertz CT molecular complexity index is 4580. The van der Waals surface area contributed by atoms with E-state index < -0.39 is 11.7 Å². The van der Waals surface area contributed by atoms with Crippen molar-refractivity contribution in [3.05, 3.63) is 155 Å². The maximum absolute atomic E-state index is 13.7. The fourth-order valence-electron chi connectivity index (χ4n) is 17.7. The molecule has 3 amide bonds. The molecule has 9 aliphatic heterocycles. The van der Waals surface area contributed by atoms with Crippen molar-refractivity contribution in [3.8, 4) is 18.0 Å². The number of likely N-dealkylation sites (tertiary alicyclic amines) is 3. The van der Waals surface area contributed by atoms with E-state index in [9.17, 15) is 27.6 Å². The zero-order valence-corrected chi connectivity index (χ0v) is 70.7. The smallest absolute Gasteiger partial charge is 0.418 e. The predicted molar refractivity (Wildman–Crippen MR) is 464 cm³/mol. The molecule has 0 spiro atoms. The molecule has 117 heavy (non-hydrogen) atoms. The number of alkyl halides is 3. The van der Waals surface area contributed by atoms with Crippen LogP contribution in [0.5, 0.6) is 18.0 Å². The van der Waals surface area contributed by atoms with Crippen molar-refractivity contribution in [1.82, 2.24) is 69.5 Å². The third kappa shape index (κ3) is 20.6. The van der Waals surface area contributed by atoms with Crippen molar-refractivity contribution < 1.29 is 41.8 Å². The number of aromatic amines is 1. The van der Waals surface area contributed by atoms with Gasteiger partial charge >= 0.3 is 24.2 Å². The summed E-state index contributed by atoms with van der Waals surface area (Å²) in [5.74, 6) is 3.02. The number of hydrogen-bond donors (Lipinski definition) is 1. The number of likely N-dealkylation sites (N-methyl/N-ethyl adjacent to an activating group) is 2. The number of aromatic nitrogens is 8. The predicted octanol–water partition coefficient (Wildman–Crippen LogP) is 10.4. The van der Waals surface area contributed by atoms with Crippen molar-refractivity contribution >= 4 is 90.1 Å². The first-order chi connectivity index (χ1) is 55.8. The van der Waals surface area contributed by atoms with Crippen LogP contribution in [0.2, 0.25) is 0 Å². The molecule has 630 valence electrons. The van der Waals surface area contributed by atoms with Gasteiger partial charge in [-0.3, -0.25) is 19.5 Å². The van der Waals surface area contributed by atoms with Crippen LogP contribution in [0.3, 0.4) is 0 Å². The Hall–Kier alpha value is -9.43. The maximum atomic E-state index is 13.7. The number of H-pyrrole nitrogens is 1. The molecule has 2 atom stereocenters. The zero-order valence-electron chi connectivity index (χ0n) is 68.7.